The largest absolute Gasteiger partial charge is 0.462 e. The van der Waals surface area contributed by atoms with Gasteiger partial charge in [-0.1, -0.05) is 264 Å². The smallest absolute Gasteiger partial charge is 0.306 e. The van der Waals surface area contributed by atoms with E-state index in [4.69, 9.17) is 14.2 Å². The average Bonchev–Trinajstić information content (AvgIpc) is 3.40. The Bertz CT molecular complexity index is 1550. The molecular weight excluding hydrogens is 913 g/mol. The summed E-state index contributed by atoms with van der Waals surface area (Å²) in [6, 6.07) is 0. The van der Waals surface area contributed by atoms with Gasteiger partial charge in [0.2, 0.25) is 0 Å². The van der Waals surface area contributed by atoms with Crippen LogP contribution in [-0.4, -0.2) is 37.2 Å². The third-order valence-corrected chi connectivity index (χ3v) is 12.8. The van der Waals surface area contributed by atoms with E-state index in [1.807, 2.05) is 0 Å². The van der Waals surface area contributed by atoms with E-state index in [0.29, 0.717) is 19.3 Å². The Kier molecular flexibility index (Phi) is 57.9. The van der Waals surface area contributed by atoms with Crippen LogP contribution in [0.5, 0.6) is 0 Å². The van der Waals surface area contributed by atoms with E-state index in [2.05, 4.69) is 142 Å². The molecule has 0 fully saturated rings. The van der Waals surface area contributed by atoms with E-state index in [1.54, 1.807) is 0 Å². The molecule has 0 saturated heterocycles. The van der Waals surface area contributed by atoms with Crippen molar-refractivity contribution >= 4 is 17.9 Å². The van der Waals surface area contributed by atoms with Gasteiger partial charge >= 0.3 is 17.9 Å². The Balaban J connectivity index is 4.48. The van der Waals surface area contributed by atoms with Crippen molar-refractivity contribution in [3.8, 4) is 0 Å². The van der Waals surface area contributed by atoms with E-state index in [0.717, 1.165) is 122 Å². The summed E-state index contributed by atoms with van der Waals surface area (Å²) < 4.78 is 16.9. The second-order valence-electron chi connectivity index (χ2n) is 20.0. The highest BCUT2D eigenvalue weighted by Gasteiger charge is 2.19. The monoisotopic (exact) mass is 1020 g/mol. The third-order valence-electron chi connectivity index (χ3n) is 12.8. The molecule has 0 N–H and O–H groups in total. The quantitative estimate of drug-likeness (QED) is 0.0199. The summed E-state index contributed by atoms with van der Waals surface area (Å²) in [5.74, 6) is -0.934. The van der Waals surface area contributed by atoms with Crippen LogP contribution < -0.4 is 0 Å². The van der Waals surface area contributed by atoms with Crippen molar-refractivity contribution in [2.45, 2.75) is 277 Å². The minimum absolute atomic E-state index is 0.0974. The fraction of sp³-hybridized carbons (Fsp3) is 0.662. The van der Waals surface area contributed by atoms with E-state index in [-0.39, 0.29) is 31.1 Å². The van der Waals surface area contributed by atoms with E-state index in [1.165, 1.54) is 109 Å². The molecule has 0 heterocycles. The first-order valence-corrected chi connectivity index (χ1v) is 30.6. The first-order valence-electron chi connectivity index (χ1n) is 30.6. The number of ether oxygens (including phenoxy) is 3. The van der Waals surface area contributed by atoms with E-state index < -0.39 is 6.10 Å². The molecule has 0 aromatic rings. The Labute approximate surface area is 456 Å². The van der Waals surface area contributed by atoms with Gasteiger partial charge in [0.15, 0.2) is 6.10 Å². The molecule has 0 bridgehead atoms. The molecule has 6 heteroatoms. The van der Waals surface area contributed by atoms with Crippen LogP contribution in [0.25, 0.3) is 0 Å². The van der Waals surface area contributed by atoms with Gasteiger partial charge in [0.25, 0.3) is 0 Å². The highest BCUT2D eigenvalue weighted by Crippen LogP contribution is 2.15. The highest BCUT2D eigenvalue weighted by molar-refractivity contribution is 5.71. The van der Waals surface area contributed by atoms with Crippen LogP contribution in [0.15, 0.2) is 122 Å². The van der Waals surface area contributed by atoms with Crippen LogP contribution in [0.3, 0.4) is 0 Å². The van der Waals surface area contributed by atoms with Gasteiger partial charge in [0, 0.05) is 19.3 Å². The molecule has 0 radical (unpaired) electrons. The Morgan fingerprint density at radius 2 is 0.581 bits per heavy atom. The Morgan fingerprint density at radius 1 is 0.297 bits per heavy atom. The highest BCUT2D eigenvalue weighted by atomic mass is 16.6. The zero-order valence-electron chi connectivity index (χ0n) is 48.1. The zero-order chi connectivity index (χ0) is 53.6. The van der Waals surface area contributed by atoms with Crippen LogP contribution >= 0.6 is 0 Å². The van der Waals surface area contributed by atoms with Crippen LogP contribution in [0, 0.1) is 0 Å². The predicted octanol–water partition coefficient (Wildman–Crippen LogP) is 20.8. The second-order valence-corrected chi connectivity index (χ2v) is 20.0. The number of unbranched alkanes of at least 4 members (excludes halogenated alkanes) is 27. The van der Waals surface area contributed by atoms with Crippen molar-refractivity contribution in [1.29, 1.82) is 0 Å². The second kappa shape index (κ2) is 61.4. The predicted molar refractivity (Wildman–Crippen MR) is 320 cm³/mol. The lowest BCUT2D eigenvalue weighted by molar-refractivity contribution is -0.167. The van der Waals surface area contributed by atoms with Gasteiger partial charge < -0.3 is 14.2 Å². The van der Waals surface area contributed by atoms with Gasteiger partial charge in [-0.15, -0.1) is 0 Å². The first-order chi connectivity index (χ1) is 36.5. The molecule has 0 aliphatic carbocycles. The van der Waals surface area contributed by atoms with Crippen molar-refractivity contribution < 1.29 is 28.6 Å². The van der Waals surface area contributed by atoms with Crippen molar-refractivity contribution in [1.82, 2.24) is 0 Å². The zero-order valence-corrected chi connectivity index (χ0v) is 48.1. The summed E-state index contributed by atoms with van der Waals surface area (Å²) in [5.41, 5.74) is 0. The molecular formula is C68H112O6. The number of rotatable bonds is 54. The molecule has 0 rings (SSSR count). The maximum absolute atomic E-state index is 12.9. The molecule has 0 aromatic heterocycles. The summed E-state index contributed by atoms with van der Waals surface area (Å²) in [6.45, 7) is 6.44. The molecule has 0 aliphatic rings. The summed E-state index contributed by atoms with van der Waals surface area (Å²) in [5, 5.41) is 0. The molecule has 1 atom stereocenters. The number of allylic oxidation sites excluding steroid dienone is 20. The third kappa shape index (κ3) is 58.7. The summed E-state index contributed by atoms with van der Waals surface area (Å²) in [7, 11) is 0. The molecule has 74 heavy (non-hydrogen) atoms. The number of carbonyl (C=O) groups is 3. The molecule has 0 spiro atoms. The molecule has 0 amide bonds. The van der Waals surface area contributed by atoms with Crippen molar-refractivity contribution in [2.24, 2.45) is 0 Å². The van der Waals surface area contributed by atoms with Crippen LogP contribution in [-0.2, 0) is 28.6 Å². The molecule has 0 aliphatic heterocycles. The minimum atomic E-state index is -0.801. The minimum Gasteiger partial charge on any atom is -0.462 e. The van der Waals surface area contributed by atoms with Gasteiger partial charge in [-0.2, -0.15) is 0 Å². The van der Waals surface area contributed by atoms with Crippen molar-refractivity contribution in [3.05, 3.63) is 122 Å². The van der Waals surface area contributed by atoms with E-state index in [9.17, 15) is 14.4 Å². The van der Waals surface area contributed by atoms with Gasteiger partial charge in [0.05, 0.1) is 0 Å². The fourth-order valence-electron chi connectivity index (χ4n) is 8.20. The SMILES string of the molecule is CC/C=C\C/C=C\C/C=C\C/C=C\CCCCCCCCC(=O)OCC(COC(=O)CCCCCCC\C=C/C=C\C=C/C=C\CCCCC)OC(=O)CCCCCCCCCCCC/C=C\C=C/CCCCC. The normalized spacial score (nSPS) is 13.0. The van der Waals surface area contributed by atoms with Crippen molar-refractivity contribution in [3.63, 3.8) is 0 Å². The number of hydrogen-bond donors (Lipinski definition) is 0. The Morgan fingerprint density at radius 3 is 0.959 bits per heavy atom. The Hall–Kier alpha value is -4.19. The fourth-order valence-corrected chi connectivity index (χ4v) is 8.20. The summed E-state index contributed by atoms with van der Waals surface area (Å²) >= 11 is 0. The molecule has 0 aromatic carbocycles. The van der Waals surface area contributed by atoms with Gasteiger partial charge in [-0.3, -0.25) is 14.4 Å². The van der Waals surface area contributed by atoms with Crippen LogP contribution in [0.4, 0.5) is 0 Å². The topological polar surface area (TPSA) is 78.9 Å². The van der Waals surface area contributed by atoms with Crippen LogP contribution in [0.1, 0.15) is 271 Å². The van der Waals surface area contributed by atoms with Crippen molar-refractivity contribution in [2.75, 3.05) is 13.2 Å². The number of hydrogen-bond acceptors (Lipinski definition) is 6. The lowest BCUT2D eigenvalue weighted by Crippen LogP contribution is -2.30. The van der Waals surface area contributed by atoms with Gasteiger partial charge in [-0.05, 0) is 109 Å². The first kappa shape index (κ1) is 69.8. The molecule has 1 unspecified atom stereocenters. The summed E-state index contributed by atoms with van der Waals surface area (Å²) in [4.78, 5) is 38.3. The van der Waals surface area contributed by atoms with Gasteiger partial charge in [-0.25, -0.2) is 0 Å². The maximum atomic E-state index is 12.9. The molecule has 420 valence electrons. The number of esters is 3. The molecule has 0 saturated carbocycles. The van der Waals surface area contributed by atoms with E-state index >= 15 is 0 Å². The maximum Gasteiger partial charge on any atom is 0.306 e. The summed E-state index contributed by atoms with van der Waals surface area (Å²) in [6.07, 6.45) is 84.6. The lowest BCUT2D eigenvalue weighted by atomic mass is 10.1. The average molecular weight is 1030 g/mol. The lowest BCUT2D eigenvalue weighted by Gasteiger charge is -2.18. The van der Waals surface area contributed by atoms with Gasteiger partial charge in [0.1, 0.15) is 13.2 Å². The standard InChI is InChI=1S/C68H112O6/c1-4-7-10-13-16-19-22-25-28-31-34-37-40-43-46-49-52-55-58-61-67(70)73-64-65(63-72-66(69)60-57-54-51-48-45-42-39-36-33-30-27-24-21-18-15-12-9-6-3)74-68(71)62-59-56-53-50-47-44-41-38-35-32-29-26-23-20-17-14-11-8-5-2/h7,10,16-21,23-28,30,33-34,36-37,39,65H,4-6,8-9,11-15,22,29,31-32,35,38,40-64H2,1-3H3/b10-7-,19-16-,20-17-,21-18-,26-23-,27-24-,28-25-,33-30-,37-34-,39-36-. The van der Waals surface area contributed by atoms with Crippen LogP contribution in [0.2, 0.25) is 0 Å². The number of carbonyl (C=O) groups excluding carboxylic acids is 3. The molecule has 6 nitrogen and oxygen atoms in total.